The lowest BCUT2D eigenvalue weighted by atomic mass is 10.2. The number of esters is 1. The van der Waals surface area contributed by atoms with Crippen LogP contribution in [0.1, 0.15) is 10.4 Å². The quantitative estimate of drug-likeness (QED) is 0.234. The van der Waals surface area contributed by atoms with Gasteiger partial charge in [0, 0.05) is 22.3 Å². The first-order chi connectivity index (χ1) is 12.9. The molecule has 0 fully saturated rings. The first-order valence-corrected chi connectivity index (χ1v) is 9.00. The van der Waals surface area contributed by atoms with E-state index >= 15 is 0 Å². The van der Waals surface area contributed by atoms with Crippen LogP contribution in [0.3, 0.4) is 0 Å². The highest BCUT2D eigenvalue weighted by molar-refractivity contribution is 7.99. The van der Waals surface area contributed by atoms with E-state index in [4.69, 9.17) is 16.3 Å². The van der Waals surface area contributed by atoms with Crippen molar-refractivity contribution in [2.24, 2.45) is 0 Å². The van der Waals surface area contributed by atoms with Crippen molar-refractivity contribution in [1.29, 1.82) is 0 Å². The van der Waals surface area contributed by atoms with Crippen LogP contribution >= 0.6 is 23.4 Å². The minimum Gasteiger partial charge on any atom is -0.463 e. The van der Waals surface area contributed by atoms with Crippen LogP contribution in [0.4, 0.5) is 10.1 Å². The van der Waals surface area contributed by atoms with Gasteiger partial charge in [0.05, 0.1) is 4.92 Å². The van der Waals surface area contributed by atoms with Gasteiger partial charge in [-0.05, 0) is 24.3 Å². The molecule has 0 unspecified atom stereocenters. The van der Waals surface area contributed by atoms with Crippen LogP contribution in [0.15, 0.2) is 47.4 Å². The number of rotatable bonds is 8. The molecule has 0 bridgehead atoms. The number of benzene rings is 2. The second-order valence-corrected chi connectivity index (χ2v) is 6.65. The Hall–Kier alpha value is -2.65. The van der Waals surface area contributed by atoms with E-state index in [1.54, 1.807) is 18.2 Å². The van der Waals surface area contributed by atoms with E-state index in [2.05, 4.69) is 5.32 Å². The largest absolute Gasteiger partial charge is 0.463 e. The van der Waals surface area contributed by atoms with Crippen LogP contribution in [0.5, 0.6) is 0 Å². The minimum absolute atomic E-state index is 0.00555. The number of hydrogen-bond donors (Lipinski definition) is 1. The van der Waals surface area contributed by atoms with E-state index in [0.717, 1.165) is 6.07 Å². The van der Waals surface area contributed by atoms with Crippen molar-refractivity contribution in [3.05, 3.63) is 69.0 Å². The van der Waals surface area contributed by atoms with Gasteiger partial charge in [-0.25, -0.2) is 4.39 Å². The van der Waals surface area contributed by atoms with E-state index in [0.29, 0.717) is 10.6 Å². The Morgan fingerprint density at radius 3 is 2.70 bits per heavy atom. The summed E-state index contributed by atoms with van der Waals surface area (Å²) in [6.07, 6.45) is 0. The predicted molar refractivity (Wildman–Crippen MR) is 98.5 cm³/mol. The molecule has 0 saturated heterocycles. The Morgan fingerprint density at radius 1 is 1.26 bits per heavy atom. The maximum Gasteiger partial charge on any atom is 0.325 e. The molecule has 0 saturated carbocycles. The third kappa shape index (κ3) is 6.22. The fraction of sp³-hybridized carbons (Fsp3) is 0.176. The van der Waals surface area contributed by atoms with Crippen LogP contribution in [0.25, 0.3) is 0 Å². The molecule has 2 aromatic carbocycles. The molecule has 1 N–H and O–H groups in total. The number of thioether (sulfide) groups is 1. The minimum atomic E-state index is -0.708. The van der Waals surface area contributed by atoms with Gasteiger partial charge in [0.2, 0.25) is 0 Å². The molecule has 2 rings (SSSR count). The van der Waals surface area contributed by atoms with E-state index < -0.39 is 29.0 Å². The van der Waals surface area contributed by atoms with Crippen molar-refractivity contribution in [2.45, 2.75) is 4.90 Å². The lowest BCUT2D eigenvalue weighted by Gasteiger charge is -2.07. The number of amides is 1. The van der Waals surface area contributed by atoms with Gasteiger partial charge in [-0.15, -0.1) is 11.8 Å². The van der Waals surface area contributed by atoms with Gasteiger partial charge in [0.15, 0.2) is 0 Å². The maximum atomic E-state index is 13.4. The molecule has 0 aliphatic carbocycles. The summed E-state index contributed by atoms with van der Waals surface area (Å²) < 4.78 is 18.4. The van der Waals surface area contributed by atoms with Gasteiger partial charge < -0.3 is 10.1 Å². The Labute approximate surface area is 163 Å². The highest BCUT2D eigenvalue weighted by Crippen LogP contribution is 2.25. The first kappa shape index (κ1) is 20.7. The Bertz CT molecular complexity index is 865. The predicted octanol–water partition coefficient (Wildman–Crippen LogP) is 3.45. The third-order valence-corrected chi connectivity index (χ3v) is 4.57. The van der Waals surface area contributed by atoms with Crippen LogP contribution in [-0.4, -0.2) is 35.7 Å². The van der Waals surface area contributed by atoms with Crippen LogP contribution in [0.2, 0.25) is 5.02 Å². The second kappa shape index (κ2) is 9.89. The Balaban J connectivity index is 1.75. The van der Waals surface area contributed by atoms with E-state index in [-0.39, 0.29) is 23.0 Å². The second-order valence-electron chi connectivity index (χ2n) is 5.11. The molecule has 0 heterocycles. The summed E-state index contributed by atoms with van der Waals surface area (Å²) >= 11 is 6.88. The number of carbonyl (C=O) groups is 2. The Morgan fingerprint density at radius 2 is 2.00 bits per heavy atom. The molecule has 10 heteroatoms. The summed E-state index contributed by atoms with van der Waals surface area (Å²) in [5, 5.41) is 13.0. The highest BCUT2D eigenvalue weighted by atomic mass is 35.5. The molecule has 2 aromatic rings. The zero-order chi connectivity index (χ0) is 19.8. The number of nitrogens with one attached hydrogen (secondary N) is 1. The summed E-state index contributed by atoms with van der Waals surface area (Å²) in [5.74, 6) is -1.35. The lowest BCUT2D eigenvalue weighted by molar-refractivity contribution is -0.384. The van der Waals surface area contributed by atoms with E-state index in [1.807, 2.05) is 0 Å². The first-order valence-electron chi connectivity index (χ1n) is 7.63. The van der Waals surface area contributed by atoms with Crippen molar-refractivity contribution < 1.29 is 23.6 Å². The molecule has 142 valence electrons. The summed E-state index contributed by atoms with van der Waals surface area (Å²) in [6, 6.07) is 9.80. The molecule has 0 aromatic heterocycles. The molecular weight excluding hydrogens is 399 g/mol. The van der Waals surface area contributed by atoms with Crippen LogP contribution in [-0.2, 0) is 9.53 Å². The maximum absolute atomic E-state index is 13.4. The Kier molecular flexibility index (Phi) is 7.56. The van der Waals surface area contributed by atoms with Crippen LogP contribution < -0.4 is 5.32 Å². The van der Waals surface area contributed by atoms with E-state index in [9.17, 15) is 24.1 Å². The fourth-order valence-corrected chi connectivity index (χ4v) is 2.92. The van der Waals surface area contributed by atoms with E-state index in [1.165, 1.54) is 30.0 Å². The van der Waals surface area contributed by atoms with Gasteiger partial charge in [-0.2, -0.15) is 0 Å². The normalized spacial score (nSPS) is 10.3. The molecule has 0 radical (unpaired) electrons. The number of nitrogens with zero attached hydrogens (tertiary/aromatic N) is 1. The molecule has 0 aliphatic rings. The average molecular weight is 413 g/mol. The number of halogens is 2. The lowest BCUT2D eigenvalue weighted by Crippen LogP contribution is -2.31. The zero-order valence-electron chi connectivity index (χ0n) is 13.8. The van der Waals surface area contributed by atoms with Crippen molar-refractivity contribution >= 4 is 40.9 Å². The van der Waals surface area contributed by atoms with Gasteiger partial charge in [0.25, 0.3) is 11.6 Å². The molecule has 0 atom stereocenters. The summed E-state index contributed by atoms with van der Waals surface area (Å²) in [7, 11) is 0. The summed E-state index contributed by atoms with van der Waals surface area (Å²) in [4.78, 5) is 34.2. The number of nitro benzene ring substituents is 1. The monoisotopic (exact) mass is 412 g/mol. The molecule has 27 heavy (non-hydrogen) atoms. The topological polar surface area (TPSA) is 98.5 Å². The van der Waals surface area contributed by atoms with Gasteiger partial charge in [-0.1, -0.05) is 23.7 Å². The SMILES string of the molecule is O=C(CNC(=O)c1ccc(Cl)c([N+](=O)[O-])c1)OCCSc1ccccc1F. The van der Waals surface area contributed by atoms with Crippen molar-refractivity contribution in [2.75, 3.05) is 18.9 Å². The molecule has 0 spiro atoms. The third-order valence-electron chi connectivity index (χ3n) is 3.24. The standard InChI is InChI=1S/C17H14ClFN2O5S/c18-12-6-5-11(9-14(12)21(24)25)17(23)20-10-16(22)26-7-8-27-15-4-2-1-3-13(15)19/h1-6,9H,7-8,10H2,(H,20,23). The zero-order valence-corrected chi connectivity index (χ0v) is 15.4. The average Bonchev–Trinajstić information content (AvgIpc) is 2.64. The van der Waals surface area contributed by atoms with Gasteiger partial charge in [-0.3, -0.25) is 19.7 Å². The number of hydrogen-bond acceptors (Lipinski definition) is 6. The smallest absolute Gasteiger partial charge is 0.325 e. The molecule has 7 nitrogen and oxygen atoms in total. The summed E-state index contributed by atoms with van der Waals surface area (Å²) in [6.45, 7) is -0.361. The molecule has 1 amide bonds. The molecular formula is C17H14ClFN2O5S. The van der Waals surface area contributed by atoms with Crippen LogP contribution in [0, 0.1) is 15.9 Å². The van der Waals surface area contributed by atoms with Crippen molar-refractivity contribution in [3.63, 3.8) is 0 Å². The number of ether oxygens (including phenoxy) is 1. The van der Waals surface area contributed by atoms with Gasteiger partial charge in [0.1, 0.15) is 24.0 Å². The van der Waals surface area contributed by atoms with Gasteiger partial charge >= 0.3 is 5.97 Å². The van der Waals surface area contributed by atoms with Crippen molar-refractivity contribution in [3.8, 4) is 0 Å². The summed E-state index contributed by atoms with van der Waals surface area (Å²) in [5.41, 5.74) is -0.411. The molecule has 0 aliphatic heterocycles. The van der Waals surface area contributed by atoms with Crippen molar-refractivity contribution in [1.82, 2.24) is 5.32 Å². The number of carbonyl (C=O) groups excluding carboxylic acids is 2. The number of nitro groups is 1. The fourth-order valence-electron chi connectivity index (χ4n) is 1.97. The highest BCUT2D eigenvalue weighted by Gasteiger charge is 2.17.